The summed E-state index contributed by atoms with van der Waals surface area (Å²) in [6, 6.07) is 0. The molecule has 0 saturated heterocycles. The first-order valence-electron chi connectivity index (χ1n) is 3.52. The highest BCUT2D eigenvalue weighted by molar-refractivity contribution is 4.89. The molecule has 60 valence electrons. The van der Waals surface area contributed by atoms with Gasteiger partial charge in [0.05, 0.1) is 12.7 Å². The minimum atomic E-state index is -0.338. The van der Waals surface area contributed by atoms with Crippen LogP contribution in [0.25, 0.3) is 0 Å². The maximum absolute atomic E-state index is 9.21. The van der Waals surface area contributed by atoms with Gasteiger partial charge in [-0.25, -0.2) is 0 Å². The van der Waals surface area contributed by atoms with Gasteiger partial charge in [-0.1, -0.05) is 26.0 Å². The fourth-order valence-electron chi connectivity index (χ4n) is 0.513. The summed E-state index contributed by atoms with van der Waals surface area (Å²) in [6.07, 6.45) is 3.24. The zero-order chi connectivity index (χ0) is 7.98. The van der Waals surface area contributed by atoms with E-state index in [-0.39, 0.29) is 12.0 Å². The molecule has 0 spiro atoms. The normalized spacial score (nSPS) is 14.9. The summed E-state index contributed by atoms with van der Waals surface area (Å²) < 4.78 is 4.77. The van der Waals surface area contributed by atoms with E-state index in [4.69, 9.17) is 4.74 Å². The maximum Gasteiger partial charge on any atom is 0.0744 e. The van der Waals surface area contributed by atoms with Crippen molar-refractivity contribution in [1.29, 1.82) is 0 Å². The predicted octanol–water partition coefficient (Wildman–Crippen LogP) is 1.21. The van der Waals surface area contributed by atoms with E-state index in [2.05, 4.69) is 0 Å². The average Bonchev–Trinajstić information content (AvgIpc) is 1.88. The van der Waals surface area contributed by atoms with Crippen LogP contribution in [0.2, 0.25) is 0 Å². The number of methoxy groups -OCH3 is 1. The van der Waals surface area contributed by atoms with Crippen molar-refractivity contribution >= 4 is 0 Å². The first-order valence-corrected chi connectivity index (χ1v) is 3.52. The summed E-state index contributed by atoms with van der Waals surface area (Å²) in [5.41, 5.74) is 0. The highest BCUT2D eigenvalue weighted by Crippen LogP contribution is 2.01. The molecular weight excluding hydrogens is 128 g/mol. The second-order valence-corrected chi connectivity index (χ2v) is 2.62. The number of hydrogen-bond donors (Lipinski definition) is 1. The lowest BCUT2D eigenvalue weighted by atomic mass is 10.1. The Morgan fingerprint density at radius 1 is 1.50 bits per heavy atom. The smallest absolute Gasteiger partial charge is 0.0744 e. The van der Waals surface area contributed by atoms with Gasteiger partial charge in [0.1, 0.15) is 0 Å². The van der Waals surface area contributed by atoms with Gasteiger partial charge in [0.15, 0.2) is 0 Å². The van der Waals surface area contributed by atoms with Crippen molar-refractivity contribution in [3.63, 3.8) is 0 Å². The van der Waals surface area contributed by atoms with Crippen LogP contribution in [0.5, 0.6) is 0 Å². The number of aliphatic hydroxyl groups excluding tert-OH is 1. The molecule has 0 bridgehead atoms. The maximum atomic E-state index is 9.21. The fraction of sp³-hybridized carbons (Fsp3) is 0.750. The zero-order valence-corrected chi connectivity index (χ0v) is 6.87. The minimum Gasteiger partial charge on any atom is -0.389 e. The van der Waals surface area contributed by atoms with Crippen molar-refractivity contribution in [3.05, 3.63) is 12.2 Å². The molecule has 0 aliphatic rings. The molecule has 2 nitrogen and oxygen atoms in total. The first kappa shape index (κ1) is 9.66. The molecule has 1 N–H and O–H groups in total. The molecule has 0 aliphatic carbocycles. The lowest BCUT2D eigenvalue weighted by molar-refractivity contribution is 0.170. The van der Waals surface area contributed by atoms with E-state index in [0.717, 1.165) is 0 Å². The van der Waals surface area contributed by atoms with E-state index >= 15 is 0 Å². The highest BCUT2D eigenvalue weighted by atomic mass is 16.5. The Balaban J connectivity index is 3.45. The highest BCUT2D eigenvalue weighted by Gasteiger charge is 2.02. The minimum absolute atomic E-state index is 0.285. The third-order valence-electron chi connectivity index (χ3n) is 1.28. The van der Waals surface area contributed by atoms with Gasteiger partial charge in [-0.2, -0.15) is 0 Å². The van der Waals surface area contributed by atoms with Gasteiger partial charge in [0.25, 0.3) is 0 Å². The van der Waals surface area contributed by atoms with Crippen LogP contribution in [-0.4, -0.2) is 24.9 Å². The van der Waals surface area contributed by atoms with Crippen LogP contribution < -0.4 is 0 Å². The van der Waals surface area contributed by atoms with Crippen molar-refractivity contribution in [2.24, 2.45) is 5.92 Å². The van der Waals surface area contributed by atoms with Gasteiger partial charge in [0, 0.05) is 7.11 Å². The molecule has 0 aromatic rings. The number of ether oxygens (including phenoxy) is 1. The van der Waals surface area contributed by atoms with Crippen molar-refractivity contribution < 1.29 is 9.84 Å². The predicted molar refractivity (Wildman–Crippen MR) is 41.9 cm³/mol. The number of aliphatic hydroxyl groups is 1. The van der Waals surface area contributed by atoms with E-state index in [0.29, 0.717) is 6.61 Å². The largest absolute Gasteiger partial charge is 0.389 e. The van der Waals surface area contributed by atoms with Gasteiger partial charge in [0.2, 0.25) is 0 Å². The summed E-state index contributed by atoms with van der Waals surface area (Å²) in [5, 5.41) is 9.21. The van der Waals surface area contributed by atoms with Crippen LogP contribution in [-0.2, 0) is 4.74 Å². The summed E-state index contributed by atoms with van der Waals surface area (Å²) in [4.78, 5) is 0. The topological polar surface area (TPSA) is 29.5 Å². The van der Waals surface area contributed by atoms with E-state index in [1.807, 2.05) is 19.9 Å². The molecule has 2 heteroatoms. The van der Waals surface area contributed by atoms with Crippen molar-refractivity contribution in [2.75, 3.05) is 13.7 Å². The summed E-state index contributed by atoms with van der Waals surface area (Å²) in [6.45, 7) is 4.52. The summed E-state index contributed by atoms with van der Waals surface area (Å²) in [5.74, 6) is 0.285. The first-order chi connectivity index (χ1) is 4.68. The van der Waals surface area contributed by atoms with Gasteiger partial charge in [-0.3, -0.25) is 0 Å². The Morgan fingerprint density at radius 3 is 2.50 bits per heavy atom. The Kier molecular flexibility index (Phi) is 5.26. The van der Waals surface area contributed by atoms with Crippen molar-refractivity contribution in [1.82, 2.24) is 0 Å². The van der Waals surface area contributed by atoms with Crippen molar-refractivity contribution in [3.8, 4) is 0 Å². The SMILES string of the molecule is COC/C=C\C(O)C(C)C. The molecule has 0 amide bonds. The van der Waals surface area contributed by atoms with E-state index in [1.54, 1.807) is 13.2 Å². The van der Waals surface area contributed by atoms with E-state index in [9.17, 15) is 5.11 Å². The lowest BCUT2D eigenvalue weighted by Crippen LogP contribution is -2.10. The van der Waals surface area contributed by atoms with Crippen LogP contribution in [0.4, 0.5) is 0 Å². The van der Waals surface area contributed by atoms with Gasteiger partial charge in [-0.05, 0) is 5.92 Å². The lowest BCUT2D eigenvalue weighted by Gasteiger charge is -2.07. The molecule has 1 atom stereocenters. The molecule has 0 radical (unpaired) electrons. The molecule has 0 aromatic heterocycles. The van der Waals surface area contributed by atoms with Crippen LogP contribution in [0.15, 0.2) is 12.2 Å². The molecule has 0 heterocycles. The quantitative estimate of drug-likeness (QED) is 0.601. The average molecular weight is 144 g/mol. The van der Waals surface area contributed by atoms with E-state index in [1.165, 1.54) is 0 Å². The van der Waals surface area contributed by atoms with Gasteiger partial charge >= 0.3 is 0 Å². The van der Waals surface area contributed by atoms with Gasteiger partial charge < -0.3 is 9.84 Å². The molecular formula is C8H16O2. The Bertz CT molecular complexity index is 97.4. The van der Waals surface area contributed by atoms with Crippen molar-refractivity contribution in [2.45, 2.75) is 20.0 Å². The van der Waals surface area contributed by atoms with Gasteiger partial charge in [-0.15, -0.1) is 0 Å². The standard InChI is InChI=1S/C8H16O2/c1-7(2)8(9)5-4-6-10-3/h4-5,7-9H,6H2,1-3H3/b5-4-. The molecule has 0 aliphatic heterocycles. The van der Waals surface area contributed by atoms with Crippen LogP contribution in [0, 0.1) is 5.92 Å². The third kappa shape index (κ3) is 4.53. The second-order valence-electron chi connectivity index (χ2n) is 2.62. The van der Waals surface area contributed by atoms with Crippen LogP contribution in [0.3, 0.4) is 0 Å². The zero-order valence-electron chi connectivity index (χ0n) is 6.87. The summed E-state index contributed by atoms with van der Waals surface area (Å²) in [7, 11) is 1.63. The third-order valence-corrected chi connectivity index (χ3v) is 1.28. The molecule has 0 rings (SSSR count). The monoisotopic (exact) mass is 144 g/mol. The fourth-order valence-corrected chi connectivity index (χ4v) is 0.513. The summed E-state index contributed by atoms with van der Waals surface area (Å²) >= 11 is 0. The van der Waals surface area contributed by atoms with E-state index < -0.39 is 0 Å². The number of rotatable bonds is 4. The second kappa shape index (κ2) is 5.45. The van der Waals surface area contributed by atoms with Crippen LogP contribution in [0.1, 0.15) is 13.8 Å². The Hall–Kier alpha value is -0.340. The Labute approximate surface area is 62.5 Å². The van der Waals surface area contributed by atoms with Crippen LogP contribution >= 0.6 is 0 Å². The molecule has 1 unspecified atom stereocenters. The Morgan fingerprint density at radius 2 is 2.10 bits per heavy atom. The molecule has 10 heavy (non-hydrogen) atoms. The number of hydrogen-bond acceptors (Lipinski definition) is 2. The molecule has 0 saturated carbocycles. The molecule has 0 fully saturated rings. The molecule has 0 aromatic carbocycles.